The van der Waals surface area contributed by atoms with Gasteiger partial charge in [0.2, 0.25) is 0 Å². The monoisotopic (exact) mass is 290 g/mol. The van der Waals surface area contributed by atoms with E-state index in [0.29, 0.717) is 23.4 Å². The molecule has 1 unspecified atom stereocenters. The first kappa shape index (κ1) is 14.9. The Labute approximate surface area is 122 Å². The normalized spacial score (nSPS) is 12.1. The number of benzene rings is 1. The highest BCUT2D eigenvalue weighted by molar-refractivity contribution is 5.96. The first-order valence-electron chi connectivity index (χ1n) is 6.63. The third-order valence-corrected chi connectivity index (χ3v) is 3.22. The van der Waals surface area contributed by atoms with Crippen molar-refractivity contribution in [2.24, 2.45) is 0 Å². The third kappa shape index (κ3) is 3.34. The standard InChI is InChI=1S/C15H18N2O4/c1-8(6-11-4-5-12(18)13(19)7-11)16-15(20)14-9(2)17-21-10(14)3/h4-5,7-8,18-19H,6H2,1-3H3,(H,16,20). The maximum Gasteiger partial charge on any atom is 0.257 e. The quantitative estimate of drug-likeness (QED) is 0.749. The van der Waals surface area contributed by atoms with E-state index < -0.39 is 0 Å². The Bertz CT molecular complexity index is 644. The van der Waals surface area contributed by atoms with Gasteiger partial charge in [0.05, 0.1) is 5.69 Å². The number of aromatic hydroxyl groups is 2. The maximum atomic E-state index is 12.2. The summed E-state index contributed by atoms with van der Waals surface area (Å²) in [6.45, 7) is 5.27. The second-order valence-corrected chi connectivity index (χ2v) is 5.10. The molecule has 6 nitrogen and oxygen atoms in total. The van der Waals surface area contributed by atoms with Gasteiger partial charge in [-0.1, -0.05) is 11.2 Å². The highest BCUT2D eigenvalue weighted by Gasteiger charge is 2.19. The molecule has 6 heteroatoms. The molecule has 0 saturated heterocycles. The molecule has 0 aliphatic heterocycles. The summed E-state index contributed by atoms with van der Waals surface area (Å²) in [7, 11) is 0. The number of nitrogens with one attached hydrogen (secondary N) is 1. The number of nitrogens with zero attached hydrogens (tertiary/aromatic N) is 1. The smallest absolute Gasteiger partial charge is 0.257 e. The van der Waals surface area contributed by atoms with Gasteiger partial charge in [0.25, 0.3) is 5.91 Å². The zero-order valence-electron chi connectivity index (χ0n) is 12.2. The summed E-state index contributed by atoms with van der Waals surface area (Å²) in [5.74, 6) is -0.0795. The van der Waals surface area contributed by atoms with Gasteiger partial charge in [-0.2, -0.15) is 0 Å². The van der Waals surface area contributed by atoms with E-state index in [0.717, 1.165) is 5.56 Å². The molecule has 0 aliphatic carbocycles. The van der Waals surface area contributed by atoms with Gasteiger partial charge in [-0.05, 0) is 44.9 Å². The summed E-state index contributed by atoms with van der Waals surface area (Å²) in [6, 6.07) is 4.46. The Hall–Kier alpha value is -2.50. The zero-order chi connectivity index (χ0) is 15.6. The molecule has 2 aromatic rings. The number of phenolic OH excluding ortho intramolecular Hbond substituents is 2. The molecule has 21 heavy (non-hydrogen) atoms. The van der Waals surface area contributed by atoms with E-state index in [9.17, 15) is 15.0 Å². The van der Waals surface area contributed by atoms with Crippen molar-refractivity contribution in [3.63, 3.8) is 0 Å². The van der Waals surface area contributed by atoms with Crippen LogP contribution in [0.2, 0.25) is 0 Å². The highest BCUT2D eigenvalue weighted by atomic mass is 16.5. The van der Waals surface area contributed by atoms with Gasteiger partial charge < -0.3 is 20.1 Å². The molecule has 1 heterocycles. The predicted molar refractivity (Wildman–Crippen MR) is 76.4 cm³/mol. The lowest BCUT2D eigenvalue weighted by Crippen LogP contribution is -2.34. The fourth-order valence-corrected chi connectivity index (χ4v) is 2.20. The number of hydrogen-bond acceptors (Lipinski definition) is 5. The summed E-state index contributed by atoms with van der Waals surface area (Å²) < 4.78 is 4.97. The van der Waals surface area contributed by atoms with Gasteiger partial charge >= 0.3 is 0 Å². The molecule has 1 atom stereocenters. The van der Waals surface area contributed by atoms with E-state index in [1.165, 1.54) is 12.1 Å². The number of aromatic nitrogens is 1. The molecule has 0 radical (unpaired) electrons. The van der Waals surface area contributed by atoms with Crippen LogP contribution >= 0.6 is 0 Å². The zero-order valence-corrected chi connectivity index (χ0v) is 12.2. The number of hydrogen-bond donors (Lipinski definition) is 3. The lowest BCUT2D eigenvalue weighted by atomic mass is 10.1. The Morgan fingerprint density at radius 3 is 2.62 bits per heavy atom. The molecule has 112 valence electrons. The Balaban J connectivity index is 2.03. The number of carbonyl (C=O) groups excluding carboxylic acids is 1. The van der Waals surface area contributed by atoms with Crippen molar-refractivity contribution in [1.82, 2.24) is 10.5 Å². The molecule has 0 aliphatic rings. The maximum absolute atomic E-state index is 12.2. The van der Waals surface area contributed by atoms with Crippen LogP contribution in [-0.4, -0.2) is 27.3 Å². The van der Waals surface area contributed by atoms with Gasteiger partial charge in [-0.3, -0.25) is 4.79 Å². The van der Waals surface area contributed by atoms with E-state index in [1.54, 1.807) is 19.9 Å². The topological polar surface area (TPSA) is 95.6 Å². The van der Waals surface area contributed by atoms with Gasteiger partial charge in [0.1, 0.15) is 11.3 Å². The van der Waals surface area contributed by atoms with Crippen LogP contribution < -0.4 is 5.32 Å². The number of carbonyl (C=O) groups is 1. The Kier molecular flexibility index (Phi) is 4.16. The molecule has 1 amide bonds. The molecule has 0 saturated carbocycles. The number of rotatable bonds is 4. The molecule has 2 rings (SSSR count). The van der Waals surface area contributed by atoms with Crippen molar-refractivity contribution in [3.8, 4) is 11.5 Å². The molecular weight excluding hydrogens is 272 g/mol. The summed E-state index contributed by atoms with van der Waals surface area (Å²) in [5, 5.41) is 25.3. The molecule has 3 N–H and O–H groups in total. The Morgan fingerprint density at radius 1 is 1.33 bits per heavy atom. The number of aryl methyl sites for hydroxylation is 2. The van der Waals surface area contributed by atoms with Crippen LogP contribution in [-0.2, 0) is 6.42 Å². The van der Waals surface area contributed by atoms with E-state index in [1.807, 2.05) is 6.92 Å². The molecule has 1 aromatic carbocycles. The van der Waals surface area contributed by atoms with Crippen molar-refractivity contribution in [2.45, 2.75) is 33.2 Å². The van der Waals surface area contributed by atoms with Crippen LogP contribution in [0.4, 0.5) is 0 Å². The van der Waals surface area contributed by atoms with Crippen LogP contribution in [0, 0.1) is 13.8 Å². The summed E-state index contributed by atoms with van der Waals surface area (Å²) in [4.78, 5) is 12.2. The van der Waals surface area contributed by atoms with Crippen LogP contribution in [0.5, 0.6) is 11.5 Å². The molecular formula is C15H18N2O4. The lowest BCUT2D eigenvalue weighted by molar-refractivity contribution is 0.0938. The van der Waals surface area contributed by atoms with Crippen LogP contribution in [0.3, 0.4) is 0 Å². The second-order valence-electron chi connectivity index (χ2n) is 5.10. The van der Waals surface area contributed by atoms with Crippen molar-refractivity contribution in [2.75, 3.05) is 0 Å². The van der Waals surface area contributed by atoms with Gasteiger partial charge in [-0.25, -0.2) is 0 Å². The molecule has 0 spiro atoms. The lowest BCUT2D eigenvalue weighted by Gasteiger charge is -2.14. The SMILES string of the molecule is Cc1noc(C)c1C(=O)NC(C)Cc1ccc(O)c(O)c1. The highest BCUT2D eigenvalue weighted by Crippen LogP contribution is 2.25. The van der Waals surface area contributed by atoms with Crippen molar-refractivity contribution in [1.29, 1.82) is 0 Å². The van der Waals surface area contributed by atoms with E-state index in [2.05, 4.69) is 10.5 Å². The number of amides is 1. The first-order chi connectivity index (χ1) is 9.88. The van der Waals surface area contributed by atoms with Crippen molar-refractivity contribution < 1.29 is 19.5 Å². The van der Waals surface area contributed by atoms with E-state index in [4.69, 9.17) is 4.52 Å². The first-order valence-corrected chi connectivity index (χ1v) is 6.63. The Morgan fingerprint density at radius 2 is 2.05 bits per heavy atom. The summed E-state index contributed by atoms with van der Waals surface area (Å²) in [6.07, 6.45) is 0.531. The second kappa shape index (κ2) is 5.87. The van der Waals surface area contributed by atoms with E-state index >= 15 is 0 Å². The summed E-state index contributed by atoms with van der Waals surface area (Å²) >= 11 is 0. The van der Waals surface area contributed by atoms with Gasteiger partial charge in [0.15, 0.2) is 11.5 Å². The third-order valence-electron chi connectivity index (χ3n) is 3.22. The minimum Gasteiger partial charge on any atom is -0.504 e. The van der Waals surface area contributed by atoms with Crippen LogP contribution in [0.15, 0.2) is 22.7 Å². The van der Waals surface area contributed by atoms with Crippen LogP contribution in [0.25, 0.3) is 0 Å². The minimum absolute atomic E-state index is 0.143. The molecule has 0 fully saturated rings. The largest absolute Gasteiger partial charge is 0.504 e. The minimum atomic E-state index is -0.234. The average molecular weight is 290 g/mol. The predicted octanol–water partition coefficient (Wildman–Crippen LogP) is 2.06. The fraction of sp³-hybridized carbons (Fsp3) is 0.333. The fourth-order valence-electron chi connectivity index (χ4n) is 2.20. The molecule has 1 aromatic heterocycles. The van der Waals surface area contributed by atoms with Gasteiger partial charge in [0, 0.05) is 6.04 Å². The van der Waals surface area contributed by atoms with Crippen LogP contribution in [0.1, 0.15) is 34.3 Å². The summed E-state index contributed by atoms with van der Waals surface area (Å²) in [5.41, 5.74) is 1.83. The van der Waals surface area contributed by atoms with Gasteiger partial charge in [-0.15, -0.1) is 0 Å². The number of phenols is 2. The van der Waals surface area contributed by atoms with E-state index in [-0.39, 0.29) is 23.4 Å². The van der Waals surface area contributed by atoms with Crippen molar-refractivity contribution in [3.05, 3.63) is 40.8 Å². The van der Waals surface area contributed by atoms with Crippen molar-refractivity contribution >= 4 is 5.91 Å². The molecule has 0 bridgehead atoms. The average Bonchev–Trinajstić information content (AvgIpc) is 2.73.